The zero-order chi connectivity index (χ0) is 15.2. The molecule has 4 heteroatoms. The third-order valence-corrected chi connectivity index (χ3v) is 3.41. The molecule has 0 unspecified atom stereocenters. The number of carboxylic acid groups (broad SMARTS) is 1. The summed E-state index contributed by atoms with van der Waals surface area (Å²) in [6.07, 6.45) is 1.84. The summed E-state index contributed by atoms with van der Waals surface area (Å²) >= 11 is 0. The van der Waals surface area contributed by atoms with Gasteiger partial charge in [0.25, 0.3) is 0 Å². The number of carboxylic acids is 1. The van der Waals surface area contributed by atoms with Gasteiger partial charge in [-0.15, -0.1) is 0 Å². The molecule has 1 heterocycles. The molecule has 0 spiro atoms. The molecule has 0 fully saturated rings. The van der Waals surface area contributed by atoms with E-state index < -0.39 is 5.97 Å². The van der Waals surface area contributed by atoms with E-state index in [4.69, 9.17) is 5.11 Å². The predicted molar refractivity (Wildman–Crippen MR) is 80.6 cm³/mol. The lowest BCUT2D eigenvalue weighted by molar-refractivity contribution is -0.136. The standard InChI is InChI=1S/C17H19NO3/c1-2-3-11-18-14(12-16(19)20)9-10-15(18)17(21)13-7-5-4-6-8-13/h4-10H,2-3,11-12H2,1H3,(H,19,20). The van der Waals surface area contributed by atoms with Gasteiger partial charge in [0.15, 0.2) is 0 Å². The van der Waals surface area contributed by atoms with Gasteiger partial charge >= 0.3 is 5.97 Å². The van der Waals surface area contributed by atoms with Crippen molar-refractivity contribution < 1.29 is 14.7 Å². The number of unbranched alkanes of at least 4 members (excludes halogenated alkanes) is 1. The molecule has 0 radical (unpaired) electrons. The second kappa shape index (κ2) is 6.88. The molecule has 110 valence electrons. The molecule has 0 saturated heterocycles. The first-order valence-corrected chi connectivity index (χ1v) is 7.13. The summed E-state index contributed by atoms with van der Waals surface area (Å²) in [5, 5.41) is 8.98. The van der Waals surface area contributed by atoms with Crippen molar-refractivity contribution in [2.24, 2.45) is 0 Å². The molecule has 0 atom stereocenters. The number of aromatic nitrogens is 1. The quantitative estimate of drug-likeness (QED) is 0.795. The van der Waals surface area contributed by atoms with Gasteiger partial charge in [0.05, 0.1) is 12.1 Å². The number of nitrogens with zero attached hydrogens (tertiary/aromatic N) is 1. The largest absolute Gasteiger partial charge is 0.481 e. The van der Waals surface area contributed by atoms with Crippen molar-refractivity contribution in [3.05, 3.63) is 59.4 Å². The normalized spacial score (nSPS) is 10.5. The summed E-state index contributed by atoms with van der Waals surface area (Å²) in [5.74, 6) is -0.951. The Morgan fingerprint density at radius 1 is 1.10 bits per heavy atom. The van der Waals surface area contributed by atoms with Crippen molar-refractivity contribution in [3.63, 3.8) is 0 Å². The average molecular weight is 285 g/mol. The van der Waals surface area contributed by atoms with E-state index in [1.54, 1.807) is 24.3 Å². The molecule has 1 aromatic heterocycles. The van der Waals surface area contributed by atoms with Crippen molar-refractivity contribution >= 4 is 11.8 Å². The number of benzene rings is 1. The van der Waals surface area contributed by atoms with Gasteiger partial charge in [0.1, 0.15) is 0 Å². The molecule has 0 saturated carbocycles. The van der Waals surface area contributed by atoms with Crippen LogP contribution in [0.4, 0.5) is 0 Å². The van der Waals surface area contributed by atoms with Crippen LogP contribution in [0.3, 0.4) is 0 Å². The summed E-state index contributed by atoms with van der Waals surface area (Å²) in [7, 11) is 0. The Hall–Kier alpha value is -2.36. The van der Waals surface area contributed by atoms with E-state index in [0.29, 0.717) is 23.5 Å². The minimum Gasteiger partial charge on any atom is -0.481 e. The molecule has 1 N–H and O–H groups in total. The fourth-order valence-electron chi connectivity index (χ4n) is 2.34. The van der Waals surface area contributed by atoms with Crippen LogP contribution in [0.15, 0.2) is 42.5 Å². The van der Waals surface area contributed by atoms with Crippen LogP contribution in [0.2, 0.25) is 0 Å². The van der Waals surface area contributed by atoms with Crippen molar-refractivity contribution in [3.8, 4) is 0 Å². The van der Waals surface area contributed by atoms with Gasteiger partial charge in [-0.2, -0.15) is 0 Å². The van der Waals surface area contributed by atoms with Gasteiger partial charge in [-0.3, -0.25) is 9.59 Å². The third-order valence-electron chi connectivity index (χ3n) is 3.41. The van der Waals surface area contributed by atoms with Crippen molar-refractivity contribution in [2.45, 2.75) is 32.7 Å². The fraction of sp³-hybridized carbons (Fsp3) is 0.294. The first-order valence-electron chi connectivity index (χ1n) is 7.13. The average Bonchev–Trinajstić information content (AvgIpc) is 2.87. The Bertz CT molecular complexity index is 629. The maximum Gasteiger partial charge on any atom is 0.309 e. The van der Waals surface area contributed by atoms with Gasteiger partial charge < -0.3 is 9.67 Å². The SMILES string of the molecule is CCCCn1c(CC(=O)O)ccc1C(=O)c1ccccc1. The predicted octanol–water partition coefficient (Wildman–Crippen LogP) is 3.15. The van der Waals surface area contributed by atoms with E-state index in [-0.39, 0.29) is 12.2 Å². The number of carbonyl (C=O) groups excluding carboxylic acids is 1. The summed E-state index contributed by atoms with van der Waals surface area (Å²) in [4.78, 5) is 23.5. The topological polar surface area (TPSA) is 59.3 Å². The molecule has 0 aliphatic heterocycles. The Morgan fingerprint density at radius 3 is 2.43 bits per heavy atom. The molecule has 0 aliphatic rings. The number of carbonyl (C=O) groups is 2. The molecule has 1 aromatic carbocycles. The second-order valence-electron chi connectivity index (χ2n) is 4.98. The minimum atomic E-state index is -0.885. The number of rotatable bonds is 7. The Kier molecular flexibility index (Phi) is 4.93. The summed E-state index contributed by atoms with van der Waals surface area (Å²) < 4.78 is 1.84. The van der Waals surface area contributed by atoms with Gasteiger partial charge in [-0.1, -0.05) is 43.7 Å². The zero-order valence-corrected chi connectivity index (χ0v) is 12.1. The number of hydrogen-bond donors (Lipinski definition) is 1. The fourth-order valence-corrected chi connectivity index (χ4v) is 2.34. The van der Waals surface area contributed by atoms with Crippen molar-refractivity contribution in [2.75, 3.05) is 0 Å². The number of ketones is 1. The minimum absolute atomic E-state index is 0.0637. The Balaban J connectivity index is 2.36. The maximum absolute atomic E-state index is 12.6. The molecule has 21 heavy (non-hydrogen) atoms. The van der Waals surface area contributed by atoms with Gasteiger partial charge in [0.2, 0.25) is 5.78 Å². The zero-order valence-electron chi connectivity index (χ0n) is 12.1. The number of aliphatic carboxylic acids is 1. The van der Waals surface area contributed by atoms with Crippen LogP contribution in [0.1, 0.15) is 41.5 Å². The van der Waals surface area contributed by atoms with Crippen molar-refractivity contribution in [1.29, 1.82) is 0 Å². The van der Waals surface area contributed by atoms with Crippen LogP contribution in [-0.2, 0) is 17.8 Å². The van der Waals surface area contributed by atoms with E-state index in [9.17, 15) is 9.59 Å². The maximum atomic E-state index is 12.6. The van der Waals surface area contributed by atoms with Crippen LogP contribution in [0.25, 0.3) is 0 Å². The van der Waals surface area contributed by atoms with E-state index in [2.05, 4.69) is 6.92 Å². The van der Waals surface area contributed by atoms with E-state index >= 15 is 0 Å². The van der Waals surface area contributed by atoms with E-state index in [1.807, 2.05) is 22.8 Å². The van der Waals surface area contributed by atoms with Crippen molar-refractivity contribution in [1.82, 2.24) is 4.57 Å². The smallest absolute Gasteiger partial charge is 0.309 e. The lowest BCUT2D eigenvalue weighted by Crippen LogP contribution is -2.14. The Morgan fingerprint density at radius 2 is 1.81 bits per heavy atom. The summed E-state index contributed by atoms with van der Waals surface area (Å²) in [5.41, 5.74) is 1.86. The van der Waals surface area contributed by atoms with Gasteiger partial charge in [-0.25, -0.2) is 0 Å². The highest BCUT2D eigenvalue weighted by atomic mass is 16.4. The molecular weight excluding hydrogens is 266 g/mol. The Labute approximate surface area is 124 Å². The summed E-state index contributed by atoms with van der Waals surface area (Å²) in [6, 6.07) is 12.5. The van der Waals surface area contributed by atoms with Crippen LogP contribution in [-0.4, -0.2) is 21.4 Å². The van der Waals surface area contributed by atoms with Gasteiger partial charge in [-0.05, 0) is 18.6 Å². The highest BCUT2D eigenvalue weighted by Gasteiger charge is 2.17. The van der Waals surface area contributed by atoms with Gasteiger partial charge in [0, 0.05) is 17.8 Å². The lowest BCUT2D eigenvalue weighted by Gasteiger charge is -2.11. The highest BCUT2D eigenvalue weighted by molar-refractivity contribution is 6.08. The first-order chi connectivity index (χ1) is 10.1. The molecule has 0 aliphatic carbocycles. The highest BCUT2D eigenvalue weighted by Crippen LogP contribution is 2.16. The monoisotopic (exact) mass is 285 g/mol. The third kappa shape index (κ3) is 3.60. The molecule has 2 rings (SSSR count). The molecule has 2 aromatic rings. The number of hydrogen-bond acceptors (Lipinski definition) is 2. The van der Waals surface area contributed by atoms with E-state index in [1.165, 1.54) is 0 Å². The van der Waals surface area contributed by atoms with Crippen LogP contribution < -0.4 is 0 Å². The molecule has 0 bridgehead atoms. The summed E-state index contributed by atoms with van der Waals surface area (Å²) in [6.45, 7) is 2.74. The lowest BCUT2D eigenvalue weighted by atomic mass is 10.1. The molecular formula is C17H19NO3. The van der Waals surface area contributed by atoms with Crippen LogP contribution in [0, 0.1) is 0 Å². The van der Waals surface area contributed by atoms with Crippen LogP contribution in [0.5, 0.6) is 0 Å². The van der Waals surface area contributed by atoms with Crippen LogP contribution >= 0.6 is 0 Å². The molecule has 0 amide bonds. The molecule has 4 nitrogen and oxygen atoms in total. The van der Waals surface area contributed by atoms with E-state index in [0.717, 1.165) is 12.8 Å². The first kappa shape index (κ1) is 15.0. The second-order valence-corrected chi connectivity index (χ2v) is 4.98.